The average Bonchev–Trinajstić information content (AvgIpc) is 3.24. The molecule has 0 radical (unpaired) electrons. The monoisotopic (exact) mass is 388 g/mol. The summed E-state index contributed by atoms with van der Waals surface area (Å²) in [5, 5.41) is 1.15. The number of unbranched alkanes of at least 4 members (excludes halogenated alkanes) is 9. The van der Waals surface area contributed by atoms with Crippen molar-refractivity contribution >= 4 is 21.9 Å². The van der Waals surface area contributed by atoms with Crippen molar-refractivity contribution in [3.63, 3.8) is 0 Å². The van der Waals surface area contributed by atoms with Gasteiger partial charge in [0.2, 0.25) is 0 Å². The fourth-order valence-corrected chi connectivity index (χ4v) is 3.46. The molecule has 1 saturated carbocycles. The van der Waals surface area contributed by atoms with Gasteiger partial charge in [-0.1, -0.05) is 73.7 Å². The molecule has 0 amide bonds. The van der Waals surface area contributed by atoms with Crippen molar-refractivity contribution in [3.05, 3.63) is 0 Å². The molecule has 0 aromatic rings. The topological polar surface area (TPSA) is 26.3 Å². The Kier molecular flexibility index (Phi) is 9.80. The number of esters is 1. The number of hydrogen-bond donors (Lipinski definition) is 0. The van der Waals surface area contributed by atoms with Crippen LogP contribution < -0.4 is 0 Å². The maximum Gasteiger partial charge on any atom is 0.312 e. The van der Waals surface area contributed by atoms with Crippen LogP contribution >= 0.6 is 15.9 Å². The minimum atomic E-state index is -0.346. The standard InChI is InChI=1S/C20H37BrO2/c1-19(2,3)23-18(22)20(15-16-20)14-12-10-8-6-4-5-7-9-11-13-17-21/h4-17H2,1-3H3. The molecule has 0 bridgehead atoms. The van der Waals surface area contributed by atoms with Crippen LogP contribution in [0.3, 0.4) is 0 Å². The second-order valence-electron chi connectivity index (χ2n) is 8.26. The molecule has 0 aromatic heterocycles. The van der Waals surface area contributed by atoms with Crippen LogP contribution in [-0.4, -0.2) is 16.9 Å². The summed E-state index contributed by atoms with van der Waals surface area (Å²) in [5.41, 5.74) is -0.454. The van der Waals surface area contributed by atoms with Gasteiger partial charge in [0.15, 0.2) is 0 Å². The number of hydrogen-bond acceptors (Lipinski definition) is 2. The molecule has 0 N–H and O–H groups in total. The van der Waals surface area contributed by atoms with Gasteiger partial charge in [-0.25, -0.2) is 0 Å². The highest BCUT2D eigenvalue weighted by atomic mass is 79.9. The predicted molar refractivity (Wildman–Crippen MR) is 102 cm³/mol. The zero-order chi connectivity index (χ0) is 17.2. The number of alkyl halides is 1. The number of ether oxygens (including phenoxy) is 1. The zero-order valence-electron chi connectivity index (χ0n) is 15.6. The quantitative estimate of drug-likeness (QED) is 0.197. The lowest BCUT2D eigenvalue weighted by Gasteiger charge is -2.23. The van der Waals surface area contributed by atoms with Gasteiger partial charge in [-0.05, 0) is 46.5 Å². The van der Waals surface area contributed by atoms with Crippen LogP contribution in [0, 0.1) is 5.41 Å². The first-order valence-corrected chi connectivity index (χ1v) is 10.8. The van der Waals surface area contributed by atoms with E-state index in [0.29, 0.717) is 0 Å². The SMILES string of the molecule is CC(C)(C)OC(=O)C1(CCCCCCCCCCCCBr)CC1. The molecule has 0 saturated heterocycles. The number of rotatable bonds is 13. The van der Waals surface area contributed by atoms with Crippen molar-refractivity contribution in [2.45, 2.75) is 110 Å². The summed E-state index contributed by atoms with van der Waals surface area (Å²) in [4.78, 5) is 12.2. The lowest BCUT2D eigenvalue weighted by Crippen LogP contribution is -2.29. The molecule has 3 heteroatoms. The van der Waals surface area contributed by atoms with Gasteiger partial charge in [0.1, 0.15) is 5.60 Å². The minimum absolute atomic E-state index is 0.0495. The van der Waals surface area contributed by atoms with E-state index in [2.05, 4.69) is 15.9 Å². The van der Waals surface area contributed by atoms with Gasteiger partial charge in [-0.2, -0.15) is 0 Å². The van der Waals surface area contributed by atoms with Crippen LogP contribution in [0.25, 0.3) is 0 Å². The van der Waals surface area contributed by atoms with Crippen molar-refractivity contribution in [1.29, 1.82) is 0 Å². The summed E-state index contributed by atoms with van der Waals surface area (Å²) in [6.07, 6.45) is 16.5. The Balaban J connectivity index is 1.96. The van der Waals surface area contributed by atoms with E-state index in [9.17, 15) is 4.79 Å². The number of carbonyl (C=O) groups is 1. The third kappa shape index (κ3) is 9.74. The van der Waals surface area contributed by atoms with Crippen molar-refractivity contribution < 1.29 is 9.53 Å². The highest BCUT2D eigenvalue weighted by Crippen LogP contribution is 2.51. The molecule has 0 unspecified atom stereocenters. The fourth-order valence-electron chi connectivity index (χ4n) is 3.07. The molecule has 0 atom stereocenters. The number of halogens is 1. The molecule has 2 nitrogen and oxygen atoms in total. The Morgan fingerprint density at radius 1 is 0.870 bits per heavy atom. The van der Waals surface area contributed by atoms with Crippen LogP contribution in [0.1, 0.15) is 104 Å². The van der Waals surface area contributed by atoms with Crippen LogP contribution in [0.4, 0.5) is 0 Å². The maximum absolute atomic E-state index is 12.2. The molecule has 0 spiro atoms. The molecule has 1 aliphatic rings. The molecular formula is C20H37BrO2. The third-order valence-corrected chi connectivity index (χ3v) is 5.29. The van der Waals surface area contributed by atoms with E-state index in [1.54, 1.807) is 0 Å². The van der Waals surface area contributed by atoms with Crippen molar-refractivity contribution in [2.24, 2.45) is 5.41 Å². The van der Waals surface area contributed by atoms with E-state index in [0.717, 1.165) is 24.6 Å². The normalized spacial score (nSPS) is 16.3. The van der Waals surface area contributed by atoms with Gasteiger partial charge < -0.3 is 4.74 Å². The third-order valence-electron chi connectivity index (χ3n) is 4.72. The summed E-state index contributed by atoms with van der Waals surface area (Å²) < 4.78 is 5.57. The molecule has 136 valence electrons. The van der Waals surface area contributed by atoms with Crippen molar-refractivity contribution in [2.75, 3.05) is 5.33 Å². The van der Waals surface area contributed by atoms with Crippen LogP contribution in [0.5, 0.6) is 0 Å². The molecule has 1 aliphatic carbocycles. The van der Waals surface area contributed by atoms with Gasteiger partial charge in [0.25, 0.3) is 0 Å². The summed E-state index contributed by atoms with van der Waals surface area (Å²) in [6.45, 7) is 5.88. The van der Waals surface area contributed by atoms with Gasteiger partial charge in [0.05, 0.1) is 5.41 Å². The largest absolute Gasteiger partial charge is 0.460 e. The van der Waals surface area contributed by atoms with Gasteiger partial charge in [0, 0.05) is 5.33 Å². The van der Waals surface area contributed by atoms with Crippen LogP contribution in [0.2, 0.25) is 0 Å². The second kappa shape index (κ2) is 10.7. The van der Waals surface area contributed by atoms with E-state index in [-0.39, 0.29) is 17.0 Å². The summed E-state index contributed by atoms with van der Waals surface area (Å²) in [7, 11) is 0. The average molecular weight is 389 g/mol. The molecule has 1 rings (SSSR count). The summed E-state index contributed by atoms with van der Waals surface area (Å²) in [5.74, 6) is 0.0495. The summed E-state index contributed by atoms with van der Waals surface area (Å²) >= 11 is 3.48. The Hall–Kier alpha value is -0.0500. The number of carbonyl (C=O) groups excluding carboxylic acids is 1. The first-order valence-electron chi connectivity index (χ1n) is 9.69. The lowest BCUT2D eigenvalue weighted by atomic mass is 9.97. The van der Waals surface area contributed by atoms with E-state index in [4.69, 9.17) is 4.74 Å². The van der Waals surface area contributed by atoms with Gasteiger partial charge in [-0.3, -0.25) is 4.79 Å². The van der Waals surface area contributed by atoms with E-state index in [1.807, 2.05) is 20.8 Å². The van der Waals surface area contributed by atoms with E-state index in [1.165, 1.54) is 64.2 Å². The van der Waals surface area contributed by atoms with Crippen LogP contribution in [-0.2, 0) is 9.53 Å². The Morgan fingerprint density at radius 2 is 1.30 bits per heavy atom. The predicted octanol–water partition coefficient (Wildman–Crippen LogP) is 6.79. The smallest absolute Gasteiger partial charge is 0.312 e. The van der Waals surface area contributed by atoms with E-state index < -0.39 is 0 Å². The Morgan fingerprint density at radius 3 is 1.70 bits per heavy atom. The van der Waals surface area contributed by atoms with Crippen LogP contribution in [0.15, 0.2) is 0 Å². The van der Waals surface area contributed by atoms with E-state index >= 15 is 0 Å². The van der Waals surface area contributed by atoms with Crippen molar-refractivity contribution in [3.8, 4) is 0 Å². The van der Waals surface area contributed by atoms with Gasteiger partial charge >= 0.3 is 5.97 Å². The van der Waals surface area contributed by atoms with Crippen molar-refractivity contribution in [1.82, 2.24) is 0 Å². The maximum atomic E-state index is 12.2. The molecule has 0 aromatic carbocycles. The first kappa shape index (κ1) is 21.0. The molecule has 1 fully saturated rings. The Labute approximate surface area is 152 Å². The summed E-state index contributed by atoms with van der Waals surface area (Å²) in [6, 6.07) is 0. The highest BCUT2D eigenvalue weighted by molar-refractivity contribution is 9.09. The fraction of sp³-hybridized carbons (Fsp3) is 0.950. The zero-order valence-corrected chi connectivity index (χ0v) is 17.2. The Bertz CT molecular complexity index is 329. The second-order valence-corrected chi connectivity index (χ2v) is 9.05. The highest BCUT2D eigenvalue weighted by Gasteiger charge is 2.51. The van der Waals surface area contributed by atoms with Gasteiger partial charge in [-0.15, -0.1) is 0 Å². The first-order chi connectivity index (χ1) is 10.9. The molecule has 0 heterocycles. The molecule has 0 aliphatic heterocycles. The minimum Gasteiger partial charge on any atom is -0.460 e. The lowest BCUT2D eigenvalue weighted by molar-refractivity contribution is -0.162. The molecular weight excluding hydrogens is 352 g/mol. The molecule has 23 heavy (non-hydrogen) atoms.